The lowest BCUT2D eigenvalue weighted by Crippen LogP contribution is -2.17. The summed E-state index contributed by atoms with van der Waals surface area (Å²) >= 11 is 0. The molecular formula is C11H14N4O3. The third-order valence-corrected chi connectivity index (χ3v) is 2.82. The molecule has 0 aromatic carbocycles. The SMILES string of the molecule is CCCC(C(=O)O)c1cc2n[nH]c(=O)n2c(C)n1. The predicted octanol–water partition coefficient (Wildman–Crippen LogP) is 0.694. The van der Waals surface area contributed by atoms with Gasteiger partial charge in [-0.1, -0.05) is 13.3 Å². The number of hydrogen-bond donors (Lipinski definition) is 2. The predicted molar refractivity (Wildman–Crippen MR) is 63.6 cm³/mol. The molecule has 0 aliphatic carbocycles. The van der Waals surface area contributed by atoms with E-state index in [4.69, 9.17) is 0 Å². The van der Waals surface area contributed by atoms with E-state index in [-0.39, 0.29) is 5.69 Å². The van der Waals surface area contributed by atoms with Gasteiger partial charge < -0.3 is 5.11 Å². The Labute approximate surface area is 102 Å². The maximum absolute atomic E-state index is 11.4. The molecule has 2 rings (SSSR count). The summed E-state index contributed by atoms with van der Waals surface area (Å²) in [5.41, 5.74) is 0.460. The second kappa shape index (κ2) is 4.59. The number of carboxylic acid groups (broad SMARTS) is 1. The molecule has 0 aliphatic heterocycles. The zero-order valence-electron chi connectivity index (χ0n) is 10.2. The van der Waals surface area contributed by atoms with Crippen LogP contribution in [0.25, 0.3) is 5.65 Å². The van der Waals surface area contributed by atoms with Crippen molar-refractivity contribution in [3.8, 4) is 0 Å². The normalized spacial score (nSPS) is 12.8. The number of carbonyl (C=O) groups is 1. The lowest BCUT2D eigenvalue weighted by Gasteiger charge is -2.11. The number of aromatic nitrogens is 4. The number of nitrogens with zero attached hydrogens (tertiary/aromatic N) is 3. The fourth-order valence-electron chi connectivity index (χ4n) is 1.99. The van der Waals surface area contributed by atoms with Gasteiger partial charge in [0, 0.05) is 6.07 Å². The summed E-state index contributed by atoms with van der Waals surface area (Å²) in [7, 11) is 0. The third kappa shape index (κ3) is 1.99. The molecule has 0 fully saturated rings. The summed E-state index contributed by atoms with van der Waals surface area (Å²) in [6.45, 7) is 3.57. The maximum atomic E-state index is 11.4. The molecule has 2 heterocycles. The summed E-state index contributed by atoms with van der Waals surface area (Å²) < 4.78 is 1.31. The van der Waals surface area contributed by atoms with Gasteiger partial charge in [0.05, 0.1) is 11.6 Å². The molecule has 2 N–H and O–H groups in total. The lowest BCUT2D eigenvalue weighted by atomic mass is 10.00. The Morgan fingerprint density at radius 3 is 2.94 bits per heavy atom. The highest BCUT2D eigenvalue weighted by Crippen LogP contribution is 2.20. The second-order valence-corrected chi connectivity index (χ2v) is 4.13. The molecule has 7 heteroatoms. The van der Waals surface area contributed by atoms with Crippen molar-refractivity contribution in [2.75, 3.05) is 0 Å². The second-order valence-electron chi connectivity index (χ2n) is 4.13. The minimum Gasteiger partial charge on any atom is -0.481 e. The Kier molecular flexibility index (Phi) is 3.14. The van der Waals surface area contributed by atoms with Crippen molar-refractivity contribution in [1.82, 2.24) is 19.6 Å². The molecule has 7 nitrogen and oxygen atoms in total. The molecule has 2 aromatic heterocycles. The first-order chi connectivity index (χ1) is 8.54. The molecular weight excluding hydrogens is 236 g/mol. The zero-order chi connectivity index (χ0) is 13.3. The highest BCUT2D eigenvalue weighted by molar-refractivity contribution is 5.75. The number of nitrogens with one attached hydrogen (secondary N) is 1. The van der Waals surface area contributed by atoms with Crippen LogP contribution in [0, 0.1) is 6.92 Å². The van der Waals surface area contributed by atoms with Crippen LogP contribution in [0.5, 0.6) is 0 Å². The number of fused-ring (bicyclic) bond motifs is 1. The van der Waals surface area contributed by atoms with Gasteiger partial charge in [0.2, 0.25) is 0 Å². The minimum absolute atomic E-state index is 0.371. The van der Waals surface area contributed by atoms with E-state index in [1.165, 1.54) is 4.40 Å². The van der Waals surface area contributed by atoms with Gasteiger partial charge in [-0.3, -0.25) is 4.79 Å². The van der Waals surface area contributed by atoms with Crippen molar-refractivity contribution < 1.29 is 9.90 Å². The molecule has 0 spiro atoms. The van der Waals surface area contributed by atoms with Crippen LogP contribution in [0.1, 0.15) is 37.2 Å². The zero-order valence-corrected chi connectivity index (χ0v) is 10.2. The molecule has 18 heavy (non-hydrogen) atoms. The monoisotopic (exact) mass is 250 g/mol. The van der Waals surface area contributed by atoms with Crippen LogP contribution in [-0.4, -0.2) is 30.7 Å². The van der Waals surface area contributed by atoms with Crippen molar-refractivity contribution in [3.05, 3.63) is 28.1 Å². The highest BCUT2D eigenvalue weighted by atomic mass is 16.4. The summed E-state index contributed by atoms with van der Waals surface area (Å²) in [5.74, 6) is -1.14. The van der Waals surface area contributed by atoms with E-state index >= 15 is 0 Å². The van der Waals surface area contributed by atoms with E-state index in [0.717, 1.165) is 6.42 Å². The van der Waals surface area contributed by atoms with Gasteiger partial charge in [0.25, 0.3) is 0 Å². The summed E-state index contributed by atoms with van der Waals surface area (Å²) in [6.07, 6.45) is 1.25. The van der Waals surface area contributed by atoms with E-state index < -0.39 is 11.9 Å². The summed E-state index contributed by atoms with van der Waals surface area (Å²) in [4.78, 5) is 26.8. The fourth-order valence-corrected chi connectivity index (χ4v) is 1.99. The molecule has 0 saturated carbocycles. The Morgan fingerprint density at radius 1 is 1.61 bits per heavy atom. The van der Waals surface area contributed by atoms with Crippen LogP contribution < -0.4 is 5.69 Å². The molecule has 0 radical (unpaired) electrons. The van der Waals surface area contributed by atoms with Crippen molar-refractivity contribution in [2.45, 2.75) is 32.6 Å². The number of hydrogen-bond acceptors (Lipinski definition) is 4. The quantitative estimate of drug-likeness (QED) is 0.831. The molecule has 96 valence electrons. The first-order valence-corrected chi connectivity index (χ1v) is 5.72. The van der Waals surface area contributed by atoms with Crippen LogP contribution in [0.15, 0.2) is 10.9 Å². The Balaban J connectivity index is 2.57. The largest absolute Gasteiger partial charge is 0.481 e. The van der Waals surface area contributed by atoms with Gasteiger partial charge >= 0.3 is 11.7 Å². The fraction of sp³-hybridized carbons (Fsp3) is 0.455. The topological polar surface area (TPSA) is 100 Å². The van der Waals surface area contributed by atoms with Crippen LogP contribution in [-0.2, 0) is 4.79 Å². The van der Waals surface area contributed by atoms with Gasteiger partial charge in [0.1, 0.15) is 5.82 Å². The maximum Gasteiger partial charge on any atom is 0.349 e. The van der Waals surface area contributed by atoms with Gasteiger partial charge in [-0.15, -0.1) is 0 Å². The first kappa shape index (κ1) is 12.3. The molecule has 1 unspecified atom stereocenters. The van der Waals surface area contributed by atoms with E-state index in [1.807, 2.05) is 6.92 Å². The average Bonchev–Trinajstić information content (AvgIpc) is 2.67. The van der Waals surface area contributed by atoms with Crippen molar-refractivity contribution in [2.24, 2.45) is 0 Å². The Morgan fingerprint density at radius 2 is 2.33 bits per heavy atom. The number of aromatic amines is 1. The van der Waals surface area contributed by atoms with Gasteiger partial charge in [-0.2, -0.15) is 5.10 Å². The van der Waals surface area contributed by atoms with E-state index in [0.29, 0.717) is 23.6 Å². The number of aliphatic carboxylic acids is 1. The minimum atomic E-state index is -0.911. The summed E-state index contributed by atoms with van der Waals surface area (Å²) in [5, 5.41) is 15.3. The molecule has 2 aromatic rings. The standard InChI is InChI=1S/C11H14N4O3/c1-3-4-7(10(16)17)8-5-9-13-14-11(18)15(9)6(2)12-8/h5,7H,3-4H2,1-2H3,(H,14,18)(H,16,17). The van der Waals surface area contributed by atoms with Crippen LogP contribution >= 0.6 is 0 Å². The van der Waals surface area contributed by atoms with E-state index in [1.54, 1.807) is 13.0 Å². The van der Waals surface area contributed by atoms with Crippen molar-refractivity contribution in [1.29, 1.82) is 0 Å². The van der Waals surface area contributed by atoms with Crippen LogP contribution in [0.4, 0.5) is 0 Å². The third-order valence-electron chi connectivity index (χ3n) is 2.82. The van der Waals surface area contributed by atoms with Gasteiger partial charge in [0.15, 0.2) is 5.65 Å². The number of rotatable bonds is 4. The lowest BCUT2D eigenvalue weighted by molar-refractivity contribution is -0.139. The Bertz CT molecular complexity index is 643. The number of aryl methyl sites for hydroxylation is 1. The summed E-state index contributed by atoms with van der Waals surface area (Å²) in [6, 6.07) is 1.54. The van der Waals surface area contributed by atoms with E-state index in [2.05, 4.69) is 15.2 Å². The number of carboxylic acids is 1. The van der Waals surface area contributed by atoms with Gasteiger partial charge in [-0.05, 0) is 13.3 Å². The molecule has 0 bridgehead atoms. The molecule has 0 aliphatic rings. The highest BCUT2D eigenvalue weighted by Gasteiger charge is 2.22. The molecule has 0 saturated heterocycles. The van der Waals surface area contributed by atoms with Crippen molar-refractivity contribution in [3.63, 3.8) is 0 Å². The molecule has 1 atom stereocenters. The van der Waals surface area contributed by atoms with Crippen molar-refractivity contribution >= 4 is 11.6 Å². The van der Waals surface area contributed by atoms with Crippen LogP contribution in [0.3, 0.4) is 0 Å². The Hall–Kier alpha value is -2.18. The van der Waals surface area contributed by atoms with E-state index in [9.17, 15) is 14.7 Å². The van der Waals surface area contributed by atoms with Gasteiger partial charge in [-0.25, -0.2) is 19.3 Å². The number of H-pyrrole nitrogens is 1. The first-order valence-electron chi connectivity index (χ1n) is 5.72. The average molecular weight is 250 g/mol. The van der Waals surface area contributed by atoms with Crippen LogP contribution in [0.2, 0.25) is 0 Å². The smallest absolute Gasteiger partial charge is 0.349 e. The molecule has 0 amide bonds.